The van der Waals surface area contributed by atoms with Crippen LogP contribution in [0.5, 0.6) is 0 Å². The Hall–Kier alpha value is -1.89. The first-order valence-corrected chi connectivity index (χ1v) is 11.0. The molecule has 1 aliphatic rings. The fraction of sp³-hybridized carbons (Fsp3) is 0.773. The highest BCUT2D eigenvalue weighted by molar-refractivity contribution is 5.76. The fourth-order valence-electron chi connectivity index (χ4n) is 3.77. The van der Waals surface area contributed by atoms with Gasteiger partial charge >= 0.3 is 5.97 Å². The molecule has 2 rings (SSSR count). The van der Waals surface area contributed by atoms with Gasteiger partial charge in [0.15, 0.2) is 0 Å². The summed E-state index contributed by atoms with van der Waals surface area (Å²) in [6, 6.07) is 0.455. The number of carbonyl (C=O) groups is 2. The molecule has 0 bridgehead atoms. The molecule has 2 atom stereocenters. The SMILES string of the molecule is CCCCCC(C)OC(=O)CCn1ccnc1CCC(=O)N1CC[C@H](N(C)C)C1. The van der Waals surface area contributed by atoms with Gasteiger partial charge in [-0.15, -0.1) is 0 Å². The third kappa shape index (κ3) is 7.80. The smallest absolute Gasteiger partial charge is 0.307 e. The number of esters is 1. The molecule has 7 nitrogen and oxygen atoms in total. The summed E-state index contributed by atoms with van der Waals surface area (Å²) >= 11 is 0. The van der Waals surface area contributed by atoms with Gasteiger partial charge in [0.05, 0.1) is 12.5 Å². The summed E-state index contributed by atoms with van der Waals surface area (Å²) in [5.74, 6) is 0.867. The van der Waals surface area contributed by atoms with Gasteiger partial charge < -0.3 is 19.1 Å². The summed E-state index contributed by atoms with van der Waals surface area (Å²) in [6.07, 6.45) is 10.3. The number of nitrogens with zero attached hydrogens (tertiary/aromatic N) is 4. The molecule has 0 N–H and O–H groups in total. The highest BCUT2D eigenvalue weighted by atomic mass is 16.5. The minimum absolute atomic E-state index is 0.0274. The number of aryl methyl sites for hydroxylation is 2. The number of unbranched alkanes of at least 4 members (excludes halogenated alkanes) is 2. The van der Waals surface area contributed by atoms with Crippen molar-refractivity contribution in [1.29, 1.82) is 0 Å². The maximum atomic E-state index is 12.5. The van der Waals surface area contributed by atoms with Crippen LogP contribution in [0.3, 0.4) is 0 Å². The van der Waals surface area contributed by atoms with Crippen LogP contribution in [0, 0.1) is 0 Å². The largest absolute Gasteiger partial charge is 0.463 e. The maximum Gasteiger partial charge on any atom is 0.307 e. The first-order valence-electron chi connectivity index (χ1n) is 11.0. The van der Waals surface area contributed by atoms with Crippen LogP contribution in [0.25, 0.3) is 0 Å². The van der Waals surface area contributed by atoms with Crippen LogP contribution < -0.4 is 0 Å². The lowest BCUT2D eigenvalue weighted by Gasteiger charge is -2.20. The van der Waals surface area contributed by atoms with Crippen molar-refractivity contribution in [3.63, 3.8) is 0 Å². The van der Waals surface area contributed by atoms with Crippen molar-refractivity contribution in [3.8, 4) is 0 Å². The Balaban J connectivity index is 1.72. The van der Waals surface area contributed by atoms with E-state index in [2.05, 4.69) is 30.9 Å². The number of hydrogen-bond donors (Lipinski definition) is 0. The standard InChI is InChI=1S/C22H38N4O3/c1-5-6-7-8-18(2)29-22(28)12-15-25-16-13-23-20(25)9-10-21(27)26-14-11-19(17-26)24(3)4/h13,16,18-19H,5-12,14-15,17H2,1-4H3/t18?,19-/m0/s1. The second-order valence-electron chi connectivity index (χ2n) is 8.33. The summed E-state index contributed by atoms with van der Waals surface area (Å²) in [6.45, 7) is 6.30. The molecule has 0 aromatic carbocycles. The van der Waals surface area contributed by atoms with Gasteiger partial charge in [-0.3, -0.25) is 9.59 Å². The van der Waals surface area contributed by atoms with Gasteiger partial charge in [0.2, 0.25) is 5.91 Å². The summed E-state index contributed by atoms with van der Waals surface area (Å²) in [5.41, 5.74) is 0. The number of carbonyl (C=O) groups excluding carboxylic acids is 2. The van der Waals surface area contributed by atoms with Gasteiger partial charge in [0, 0.05) is 50.9 Å². The van der Waals surface area contributed by atoms with Crippen LogP contribution in [-0.2, 0) is 27.3 Å². The van der Waals surface area contributed by atoms with E-state index in [1.807, 2.05) is 22.6 Å². The van der Waals surface area contributed by atoms with Crippen LogP contribution in [0.15, 0.2) is 12.4 Å². The molecule has 0 saturated carbocycles. The van der Waals surface area contributed by atoms with E-state index < -0.39 is 0 Å². The van der Waals surface area contributed by atoms with Gasteiger partial charge in [-0.25, -0.2) is 4.98 Å². The van der Waals surface area contributed by atoms with Crippen molar-refractivity contribution in [3.05, 3.63) is 18.2 Å². The molecule has 29 heavy (non-hydrogen) atoms. The van der Waals surface area contributed by atoms with Crippen LogP contribution in [0.4, 0.5) is 0 Å². The summed E-state index contributed by atoms with van der Waals surface area (Å²) in [5, 5.41) is 0. The zero-order valence-corrected chi connectivity index (χ0v) is 18.6. The van der Waals surface area contributed by atoms with Crippen molar-refractivity contribution < 1.29 is 14.3 Å². The number of rotatable bonds is 12. The Morgan fingerprint density at radius 1 is 1.31 bits per heavy atom. The molecular formula is C22H38N4O3. The molecule has 1 aromatic rings. The second kappa shape index (κ2) is 12.0. The summed E-state index contributed by atoms with van der Waals surface area (Å²) in [4.78, 5) is 33.1. The molecular weight excluding hydrogens is 368 g/mol. The van der Waals surface area contributed by atoms with Gasteiger partial charge in [0.25, 0.3) is 0 Å². The van der Waals surface area contributed by atoms with Crippen LogP contribution in [0.1, 0.15) is 64.6 Å². The van der Waals surface area contributed by atoms with Crippen LogP contribution in [0.2, 0.25) is 0 Å². The van der Waals surface area contributed by atoms with Gasteiger partial charge in [-0.05, 0) is 40.3 Å². The van der Waals surface area contributed by atoms with Crippen LogP contribution >= 0.6 is 0 Å². The van der Waals surface area contributed by atoms with Gasteiger partial charge in [-0.1, -0.05) is 19.8 Å². The summed E-state index contributed by atoms with van der Waals surface area (Å²) < 4.78 is 7.45. The van der Waals surface area contributed by atoms with E-state index in [9.17, 15) is 9.59 Å². The molecule has 7 heteroatoms. The predicted octanol–water partition coefficient (Wildman–Crippen LogP) is 2.88. The zero-order chi connectivity index (χ0) is 21.2. The third-order valence-electron chi connectivity index (χ3n) is 5.71. The minimum atomic E-state index is -0.170. The molecule has 164 valence electrons. The molecule has 1 amide bonds. The number of likely N-dealkylation sites (N-methyl/N-ethyl adjacent to an activating group) is 1. The van der Waals surface area contributed by atoms with Crippen molar-refractivity contribution in [1.82, 2.24) is 19.4 Å². The maximum absolute atomic E-state index is 12.5. The number of amides is 1. The molecule has 1 saturated heterocycles. The molecule has 1 fully saturated rings. The van der Waals surface area contributed by atoms with Gasteiger partial charge in [-0.2, -0.15) is 0 Å². The average molecular weight is 407 g/mol. The monoisotopic (exact) mass is 406 g/mol. The first-order chi connectivity index (χ1) is 13.9. The van der Waals surface area contributed by atoms with Crippen molar-refractivity contribution in [2.24, 2.45) is 0 Å². The molecule has 2 heterocycles. The van der Waals surface area contributed by atoms with Crippen molar-refractivity contribution >= 4 is 11.9 Å². The Kier molecular flexibility index (Phi) is 9.64. The normalized spacial score (nSPS) is 17.7. The zero-order valence-electron chi connectivity index (χ0n) is 18.6. The number of imidazole rings is 1. The van der Waals surface area contributed by atoms with Crippen LogP contribution in [-0.4, -0.2) is 70.6 Å². The van der Waals surface area contributed by atoms with E-state index in [0.29, 0.717) is 31.8 Å². The van der Waals surface area contributed by atoms with Crippen molar-refractivity contribution in [2.45, 2.75) is 83.9 Å². The first kappa shape index (κ1) is 23.4. The average Bonchev–Trinajstić information content (AvgIpc) is 3.34. The number of aromatic nitrogens is 2. The number of hydrogen-bond acceptors (Lipinski definition) is 5. The highest BCUT2D eigenvalue weighted by Crippen LogP contribution is 2.15. The molecule has 0 aliphatic carbocycles. The number of ether oxygens (including phenoxy) is 1. The number of likely N-dealkylation sites (tertiary alicyclic amines) is 1. The van der Waals surface area contributed by atoms with E-state index in [1.165, 1.54) is 12.8 Å². The van der Waals surface area contributed by atoms with Gasteiger partial charge in [0.1, 0.15) is 5.82 Å². The van der Waals surface area contributed by atoms with E-state index in [1.54, 1.807) is 6.20 Å². The lowest BCUT2D eigenvalue weighted by molar-refractivity contribution is -0.148. The third-order valence-corrected chi connectivity index (χ3v) is 5.71. The Morgan fingerprint density at radius 3 is 2.79 bits per heavy atom. The predicted molar refractivity (Wildman–Crippen MR) is 114 cm³/mol. The lowest BCUT2D eigenvalue weighted by Crippen LogP contribution is -2.34. The second-order valence-corrected chi connectivity index (χ2v) is 8.33. The Labute approximate surface area is 175 Å². The fourth-order valence-corrected chi connectivity index (χ4v) is 3.77. The Morgan fingerprint density at radius 2 is 2.10 bits per heavy atom. The van der Waals surface area contributed by atoms with E-state index in [0.717, 1.165) is 38.2 Å². The van der Waals surface area contributed by atoms with E-state index in [-0.39, 0.29) is 18.0 Å². The molecule has 1 unspecified atom stereocenters. The molecule has 1 aromatic heterocycles. The van der Waals surface area contributed by atoms with E-state index >= 15 is 0 Å². The molecule has 1 aliphatic heterocycles. The molecule has 0 radical (unpaired) electrons. The highest BCUT2D eigenvalue weighted by Gasteiger charge is 2.27. The molecule has 0 spiro atoms. The quantitative estimate of drug-likeness (QED) is 0.394. The lowest BCUT2D eigenvalue weighted by atomic mass is 10.1. The van der Waals surface area contributed by atoms with Crippen molar-refractivity contribution in [2.75, 3.05) is 27.2 Å². The summed E-state index contributed by atoms with van der Waals surface area (Å²) in [7, 11) is 4.12. The topological polar surface area (TPSA) is 67.7 Å². The Bertz CT molecular complexity index is 644. The van der Waals surface area contributed by atoms with E-state index in [4.69, 9.17) is 4.74 Å². The minimum Gasteiger partial charge on any atom is -0.463 e.